The highest BCUT2D eigenvalue weighted by atomic mass is 19.1. The Bertz CT molecular complexity index is 1140. The maximum Gasteiger partial charge on any atom is 0.309 e. The van der Waals surface area contributed by atoms with Crippen molar-refractivity contribution in [2.75, 3.05) is 32.9 Å². The van der Waals surface area contributed by atoms with E-state index < -0.39 is 5.60 Å². The van der Waals surface area contributed by atoms with Gasteiger partial charge >= 0.3 is 5.97 Å². The summed E-state index contributed by atoms with van der Waals surface area (Å²) in [7, 11) is 5.07. The number of esters is 1. The number of hydrogen-bond acceptors (Lipinski definition) is 7. The second kappa shape index (κ2) is 9.17. The number of nitrogens with one attached hydrogen (secondary N) is 1. The van der Waals surface area contributed by atoms with Crippen LogP contribution < -0.4 is 15.2 Å². The van der Waals surface area contributed by atoms with Crippen LogP contribution in [0.2, 0.25) is 0 Å². The molecule has 1 aliphatic carbocycles. The first-order valence-electron chi connectivity index (χ1n) is 12.0. The van der Waals surface area contributed by atoms with Gasteiger partial charge in [-0.1, -0.05) is 12.1 Å². The number of allylic oxidation sites excluding steroid dienone is 1. The molecule has 0 radical (unpaired) electrons. The quantitative estimate of drug-likeness (QED) is 0.632. The Hall–Kier alpha value is -3.10. The summed E-state index contributed by atoms with van der Waals surface area (Å²) in [6, 6.07) is 12.6. The number of carbonyl (C=O) groups excluding carboxylic acids is 1. The van der Waals surface area contributed by atoms with Crippen molar-refractivity contribution in [3.05, 3.63) is 71.3 Å². The minimum absolute atomic E-state index is 0.0920. The fourth-order valence-corrected chi connectivity index (χ4v) is 6.18. The lowest BCUT2D eigenvalue weighted by atomic mass is 9.76. The van der Waals surface area contributed by atoms with E-state index in [1.165, 1.54) is 19.2 Å². The number of methoxy groups -OCH3 is 2. The Labute approximate surface area is 205 Å². The van der Waals surface area contributed by atoms with Gasteiger partial charge in [0.05, 0.1) is 43.7 Å². The molecule has 2 aliphatic heterocycles. The molecule has 35 heavy (non-hydrogen) atoms. The van der Waals surface area contributed by atoms with Gasteiger partial charge in [-0.15, -0.1) is 5.12 Å². The number of ether oxygens (including phenoxy) is 3. The second-order valence-electron chi connectivity index (χ2n) is 9.65. The summed E-state index contributed by atoms with van der Waals surface area (Å²) in [6.07, 6.45) is 4.11. The summed E-state index contributed by atoms with van der Waals surface area (Å²) in [4.78, 5) is 12.7. The van der Waals surface area contributed by atoms with E-state index in [4.69, 9.17) is 14.2 Å². The Kier molecular flexibility index (Phi) is 6.19. The molecule has 1 spiro atoms. The van der Waals surface area contributed by atoms with Crippen LogP contribution in [-0.4, -0.2) is 44.6 Å². The van der Waals surface area contributed by atoms with Crippen LogP contribution in [0, 0.1) is 11.7 Å². The Morgan fingerprint density at radius 3 is 2.63 bits per heavy atom. The molecule has 3 aliphatic rings. The molecule has 8 heteroatoms. The summed E-state index contributed by atoms with van der Waals surface area (Å²) in [5.41, 5.74) is 6.76. The molecule has 186 valence electrons. The maximum atomic E-state index is 13.7. The number of anilines is 1. The number of hydrogen-bond donors (Lipinski definition) is 1. The van der Waals surface area contributed by atoms with Crippen LogP contribution in [0.25, 0.3) is 0 Å². The zero-order valence-electron chi connectivity index (χ0n) is 20.6. The number of rotatable bonds is 5. The van der Waals surface area contributed by atoms with Crippen LogP contribution in [-0.2, 0) is 14.3 Å². The van der Waals surface area contributed by atoms with Gasteiger partial charge in [0.2, 0.25) is 0 Å². The van der Waals surface area contributed by atoms with Crippen molar-refractivity contribution < 1.29 is 23.4 Å². The standard InChI is InChI=1S/C27H32FN3O4/c1-17-15-29-30(2)31(17)21-9-10-24(33-3)23(13-21)19-14-27(35-16-19)12-11-22(26(32)34-4)25(27)18-5-7-20(28)8-6-18/h5-10,13,15,19,22,25,29H,11-12,14,16H2,1-4H3/t19?,22-,25+,27+/m0/s1. The molecule has 1 unspecified atom stereocenters. The topological polar surface area (TPSA) is 63.3 Å². The van der Waals surface area contributed by atoms with Gasteiger partial charge in [0.15, 0.2) is 0 Å². The van der Waals surface area contributed by atoms with E-state index in [1.807, 2.05) is 37.4 Å². The van der Waals surface area contributed by atoms with E-state index in [0.29, 0.717) is 13.0 Å². The molecule has 4 atom stereocenters. The van der Waals surface area contributed by atoms with Crippen molar-refractivity contribution >= 4 is 11.7 Å². The van der Waals surface area contributed by atoms with Crippen LogP contribution in [0.15, 0.2) is 54.4 Å². The lowest BCUT2D eigenvalue weighted by molar-refractivity contribution is -0.146. The average Bonchev–Trinajstić information content (AvgIpc) is 3.56. The van der Waals surface area contributed by atoms with Crippen LogP contribution in [0.1, 0.15) is 49.1 Å². The first-order valence-corrected chi connectivity index (χ1v) is 12.0. The molecule has 1 saturated carbocycles. The van der Waals surface area contributed by atoms with Crippen molar-refractivity contribution in [3.8, 4) is 5.75 Å². The van der Waals surface area contributed by atoms with Gasteiger partial charge in [-0.25, -0.2) is 4.39 Å². The smallest absolute Gasteiger partial charge is 0.309 e. The van der Waals surface area contributed by atoms with Gasteiger partial charge in [0.1, 0.15) is 11.6 Å². The van der Waals surface area contributed by atoms with Crippen molar-refractivity contribution in [1.29, 1.82) is 0 Å². The molecule has 1 N–H and O–H groups in total. The summed E-state index contributed by atoms with van der Waals surface area (Å²) in [6.45, 7) is 2.57. The van der Waals surface area contributed by atoms with Crippen molar-refractivity contribution in [3.63, 3.8) is 0 Å². The van der Waals surface area contributed by atoms with E-state index in [9.17, 15) is 9.18 Å². The summed E-state index contributed by atoms with van der Waals surface area (Å²) < 4.78 is 31.2. The lowest BCUT2D eigenvalue weighted by Crippen LogP contribution is -2.39. The molecule has 0 amide bonds. The van der Waals surface area contributed by atoms with Gasteiger partial charge in [-0.05, 0) is 62.1 Å². The van der Waals surface area contributed by atoms with Gasteiger partial charge in [0, 0.05) is 30.6 Å². The largest absolute Gasteiger partial charge is 0.496 e. The SMILES string of the molecule is COC(=O)[C@H]1CC[C@@]2(CC(c3cc(N4C(C)=CNN4C)ccc3OC)CO2)[C@@H]1c1ccc(F)cc1. The van der Waals surface area contributed by atoms with Crippen molar-refractivity contribution in [2.45, 2.75) is 43.6 Å². The second-order valence-corrected chi connectivity index (χ2v) is 9.65. The molecule has 1 saturated heterocycles. The highest BCUT2D eigenvalue weighted by molar-refractivity contribution is 5.74. The molecule has 2 aromatic carbocycles. The summed E-state index contributed by atoms with van der Waals surface area (Å²) >= 11 is 0. The molecule has 2 aromatic rings. The zero-order chi connectivity index (χ0) is 24.7. The van der Waals surface area contributed by atoms with Crippen LogP contribution in [0.5, 0.6) is 5.75 Å². The predicted molar refractivity (Wildman–Crippen MR) is 130 cm³/mol. The zero-order valence-corrected chi connectivity index (χ0v) is 20.6. The average molecular weight is 482 g/mol. The number of nitrogens with zero attached hydrogens (tertiary/aromatic N) is 2. The third kappa shape index (κ3) is 4.04. The van der Waals surface area contributed by atoms with Crippen LogP contribution >= 0.6 is 0 Å². The van der Waals surface area contributed by atoms with Crippen molar-refractivity contribution in [1.82, 2.24) is 10.5 Å². The van der Waals surface area contributed by atoms with Gasteiger partial charge < -0.3 is 19.6 Å². The molecular formula is C27H32FN3O4. The number of benzene rings is 2. The van der Waals surface area contributed by atoms with E-state index in [1.54, 1.807) is 19.2 Å². The third-order valence-electron chi connectivity index (χ3n) is 7.74. The van der Waals surface area contributed by atoms with E-state index in [0.717, 1.165) is 41.1 Å². The molecule has 5 rings (SSSR count). The fraction of sp³-hybridized carbons (Fsp3) is 0.444. The molecule has 2 fully saturated rings. The van der Waals surface area contributed by atoms with Crippen LogP contribution in [0.4, 0.5) is 10.1 Å². The highest BCUT2D eigenvalue weighted by Gasteiger charge is 2.56. The molecule has 7 nitrogen and oxygen atoms in total. The minimum atomic E-state index is -0.524. The predicted octanol–water partition coefficient (Wildman–Crippen LogP) is 4.48. The summed E-state index contributed by atoms with van der Waals surface area (Å²) in [5.74, 6) is -0.156. The Morgan fingerprint density at radius 1 is 1.20 bits per heavy atom. The molecular weight excluding hydrogens is 449 g/mol. The van der Waals surface area contributed by atoms with Gasteiger partial charge in [0.25, 0.3) is 0 Å². The molecule has 2 heterocycles. The summed E-state index contributed by atoms with van der Waals surface area (Å²) in [5, 5.41) is 4.02. The Morgan fingerprint density at radius 2 is 1.97 bits per heavy atom. The minimum Gasteiger partial charge on any atom is -0.496 e. The lowest BCUT2D eigenvalue weighted by Gasteiger charge is -2.33. The van der Waals surface area contributed by atoms with E-state index >= 15 is 0 Å². The fourth-order valence-electron chi connectivity index (χ4n) is 6.18. The number of halogens is 1. The first kappa shape index (κ1) is 23.6. The van der Waals surface area contributed by atoms with E-state index in [-0.39, 0.29) is 29.5 Å². The Balaban J connectivity index is 1.49. The highest BCUT2D eigenvalue weighted by Crippen LogP contribution is 2.57. The number of carbonyl (C=O) groups is 1. The molecule has 0 aromatic heterocycles. The van der Waals surface area contributed by atoms with Crippen LogP contribution in [0.3, 0.4) is 0 Å². The molecule has 0 bridgehead atoms. The monoisotopic (exact) mass is 481 g/mol. The third-order valence-corrected chi connectivity index (χ3v) is 7.74. The van der Waals surface area contributed by atoms with Gasteiger partial charge in [-0.3, -0.25) is 9.80 Å². The first-order chi connectivity index (χ1) is 16.9. The van der Waals surface area contributed by atoms with Crippen molar-refractivity contribution in [2.24, 2.45) is 5.92 Å². The normalized spacial score (nSPS) is 28.3. The van der Waals surface area contributed by atoms with E-state index in [2.05, 4.69) is 16.5 Å². The number of hydrazine groups is 2. The van der Waals surface area contributed by atoms with Gasteiger partial charge in [-0.2, -0.15) is 0 Å². The maximum absolute atomic E-state index is 13.7.